The lowest BCUT2D eigenvalue weighted by Gasteiger charge is -2.27. The van der Waals surface area contributed by atoms with Gasteiger partial charge in [0.1, 0.15) is 11.5 Å². The maximum Gasteiger partial charge on any atom is 0.271 e. The summed E-state index contributed by atoms with van der Waals surface area (Å²) in [7, 11) is 1.66. The van der Waals surface area contributed by atoms with E-state index in [1.807, 2.05) is 25.1 Å². The minimum Gasteiger partial charge on any atom is -0.508 e. The lowest BCUT2D eigenvalue weighted by Crippen LogP contribution is -2.35. The van der Waals surface area contributed by atoms with Crippen molar-refractivity contribution in [1.82, 2.24) is 10.3 Å². The molecular formula is C21H25N3O4. The molecule has 28 heavy (non-hydrogen) atoms. The highest BCUT2D eigenvalue weighted by Gasteiger charge is 2.14. The number of nitrogens with one attached hydrogen (secondary N) is 1. The average molecular weight is 383 g/mol. The van der Waals surface area contributed by atoms with Gasteiger partial charge in [-0.15, -0.1) is 0 Å². The molecule has 0 radical (unpaired) electrons. The van der Waals surface area contributed by atoms with Crippen molar-refractivity contribution in [2.24, 2.45) is 5.10 Å². The number of ether oxygens (including phenoxy) is 2. The Kier molecular flexibility index (Phi) is 6.62. The predicted molar refractivity (Wildman–Crippen MR) is 107 cm³/mol. The van der Waals surface area contributed by atoms with Crippen LogP contribution >= 0.6 is 0 Å². The van der Waals surface area contributed by atoms with E-state index in [4.69, 9.17) is 9.47 Å². The number of benzene rings is 2. The van der Waals surface area contributed by atoms with Gasteiger partial charge in [0.2, 0.25) is 0 Å². The Hall–Kier alpha value is -2.90. The molecule has 2 N–H and O–H groups in total. The SMILES string of the molecule is COc1ccc(/C(C)=N\NC(=O)c2ccc(O)cc2)cc1CN1CCOCC1. The standard InChI is InChI=1S/C21H25N3O4/c1-15(22-23-21(26)16-3-6-19(25)7-4-16)17-5-8-20(27-2)18(13-17)14-24-9-11-28-12-10-24/h3-8,13,25H,9-12,14H2,1-2H3,(H,23,26)/b22-15-. The maximum atomic E-state index is 12.2. The lowest BCUT2D eigenvalue weighted by atomic mass is 10.1. The third-order valence-corrected chi connectivity index (χ3v) is 4.65. The summed E-state index contributed by atoms with van der Waals surface area (Å²) in [5.74, 6) is 0.611. The first kappa shape index (κ1) is 19.9. The molecule has 2 aromatic carbocycles. The molecule has 0 aliphatic carbocycles. The zero-order valence-electron chi connectivity index (χ0n) is 16.1. The fourth-order valence-electron chi connectivity index (χ4n) is 3.00. The van der Waals surface area contributed by atoms with E-state index in [0.717, 1.165) is 49.7 Å². The number of amides is 1. The Balaban J connectivity index is 1.72. The quantitative estimate of drug-likeness (QED) is 0.591. The van der Waals surface area contributed by atoms with E-state index < -0.39 is 0 Å². The lowest BCUT2D eigenvalue weighted by molar-refractivity contribution is 0.0339. The number of methoxy groups -OCH3 is 1. The van der Waals surface area contributed by atoms with E-state index in [1.54, 1.807) is 19.2 Å². The van der Waals surface area contributed by atoms with E-state index in [9.17, 15) is 9.90 Å². The number of carbonyl (C=O) groups excluding carboxylic acids is 1. The highest BCUT2D eigenvalue weighted by Crippen LogP contribution is 2.22. The molecule has 1 aliphatic heterocycles. The van der Waals surface area contributed by atoms with Crippen LogP contribution in [0.25, 0.3) is 0 Å². The van der Waals surface area contributed by atoms with Crippen molar-refractivity contribution >= 4 is 11.6 Å². The second kappa shape index (κ2) is 9.34. The number of morpholine rings is 1. The fourth-order valence-corrected chi connectivity index (χ4v) is 3.00. The highest BCUT2D eigenvalue weighted by molar-refractivity contribution is 6.01. The number of nitrogens with zero attached hydrogens (tertiary/aromatic N) is 2. The van der Waals surface area contributed by atoms with Gasteiger partial charge in [0.05, 0.1) is 26.0 Å². The molecule has 1 amide bonds. The minimum absolute atomic E-state index is 0.113. The number of hydrazone groups is 1. The first-order valence-electron chi connectivity index (χ1n) is 9.18. The molecule has 0 unspecified atom stereocenters. The molecule has 2 aromatic rings. The van der Waals surface area contributed by atoms with Crippen LogP contribution in [0.5, 0.6) is 11.5 Å². The summed E-state index contributed by atoms with van der Waals surface area (Å²) in [4.78, 5) is 14.5. The molecule has 0 spiro atoms. The molecule has 7 heteroatoms. The van der Waals surface area contributed by atoms with Crippen LogP contribution in [-0.4, -0.2) is 55.0 Å². The molecule has 1 aliphatic rings. The predicted octanol–water partition coefficient (Wildman–Crippen LogP) is 2.39. The monoisotopic (exact) mass is 383 g/mol. The summed E-state index contributed by atoms with van der Waals surface area (Å²) >= 11 is 0. The molecule has 0 saturated carbocycles. The van der Waals surface area contributed by atoms with Gasteiger partial charge < -0.3 is 14.6 Å². The van der Waals surface area contributed by atoms with Crippen LogP contribution in [0.2, 0.25) is 0 Å². The second-order valence-corrected chi connectivity index (χ2v) is 6.60. The van der Waals surface area contributed by atoms with E-state index in [-0.39, 0.29) is 11.7 Å². The minimum atomic E-state index is -0.332. The van der Waals surface area contributed by atoms with Gasteiger partial charge in [-0.3, -0.25) is 9.69 Å². The topological polar surface area (TPSA) is 83.4 Å². The number of hydrogen-bond donors (Lipinski definition) is 2. The molecule has 1 fully saturated rings. The highest BCUT2D eigenvalue weighted by atomic mass is 16.5. The molecule has 1 heterocycles. The number of aromatic hydroxyl groups is 1. The van der Waals surface area contributed by atoms with Crippen LogP contribution < -0.4 is 10.2 Å². The first-order chi connectivity index (χ1) is 13.6. The van der Waals surface area contributed by atoms with Crippen LogP contribution in [0, 0.1) is 0 Å². The van der Waals surface area contributed by atoms with Crippen molar-refractivity contribution in [2.75, 3.05) is 33.4 Å². The molecule has 0 atom stereocenters. The van der Waals surface area contributed by atoms with Crippen LogP contribution in [0.1, 0.15) is 28.4 Å². The van der Waals surface area contributed by atoms with Gasteiger partial charge in [-0.2, -0.15) is 5.10 Å². The zero-order valence-corrected chi connectivity index (χ0v) is 16.1. The van der Waals surface area contributed by atoms with Crippen LogP contribution in [0.15, 0.2) is 47.6 Å². The van der Waals surface area contributed by atoms with E-state index in [1.165, 1.54) is 12.1 Å². The van der Waals surface area contributed by atoms with Gasteiger partial charge in [0.15, 0.2) is 0 Å². The Labute approximate surface area is 164 Å². The first-order valence-corrected chi connectivity index (χ1v) is 9.18. The van der Waals surface area contributed by atoms with Crippen LogP contribution in [0.4, 0.5) is 0 Å². The molecule has 1 saturated heterocycles. The van der Waals surface area contributed by atoms with Crippen molar-refractivity contribution in [3.8, 4) is 11.5 Å². The summed E-state index contributed by atoms with van der Waals surface area (Å²) < 4.78 is 10.9. The summed E-state index contributed by atoms with van der Waals surface area (Å²) in [6, 6.07) is 11.9. The van der Waals surface area contributed by atoms with Gasteiger partial charge in [-0.25, -0.2) is 5.43 Å². The van der Waals surface area contributed by atoms with Crippen molar-refractivity contribution in [2.45, 2.75) is 13.5 Å². The van der Waals surface area contributed by atoms with E-state index in [2.05, 4.69) is 15.4 Å². The molecule has 0 aromatic heterocycles. The second-order valence-electron chi connectivity index (χ2n) is 6.60. The number of phenols is 1. The van der Waals surface area contributed by atoms with Gasteiger partial charge >= 0.3 is 0 Å². The van der Waals surface area contributed by atoms with Crippen molar-refractivity contribution in [3.63, 3.8) is 0 Å². The number of rotatable bonds is 6. The van der Waals surface area contributed by atoms with Crippen LogP contribution in [-0.2, 0) is 11.3 Å². The fraction of sp³-hybridized carbons (Fsp3) is 0.333. The Morgan fingerprint density at radius 2 is 1.86 bits per heavy atom. The molecule has 148 valence electrons. The molecular weight excluding hydrogens is 358 g/mol. The number of phenolic OH excluding ortho intramolecular Hbond substituents is 1. The summed E-state index contributed by atoms with van der Waals surface area (Å²) in [5, 5.41) is 13.5. The summed E-state index contributed by atoms with van der Waals surface area (Å²) in [5.41, 5.74) is 5.66. The molecule has 3 rings (SSSR count). The number of hydrogen-bond acceptors (Lipinski definition) is 6. The Morgan fingerprint density at radius 3 is 2.54 bits per heavy atom. The van der Waals surface area contributed by atoms with E-state index in [0.29, 0.717) is 11.3 Å². The van der Waals surface area contributed by atoms with Gasteiger partial charge in [-0.1, -0.05) is 0 Å². The van der Waals surface area contributed by atoms with Gasteiger partial charge in [0.25, 0.3) is 5.91 Å². The summed E-state index contributed by atoms with van der Waals surface area (Å²) in [6.45, 7) is 5.88. The average Bonchev–Trinajstić information content (AvgIpc) is 2.73. The molecule has 0 bridgehead atoms. The van der Waals surface area contributed by atoms with E-state index >= 15 is 0 Å². The number of carbonyl (C=O) groups is 1. The third kappa shape index (κ3) is 5.09. The molecule has 7 nitrogen and oxygen atoms in total. The zero-order chi connectivity index (χ0) is 19.9. The summed E-state index contributed by atoms with van der Waals surface area (Å²) in [6.07, 6.45) is 0. The Bertz CT molecular complexity index is 843. The largest absolute Gasteiger partial charge is 0.508 e. The van der Waals surface area contributed by atoms with Crippen molar-refractivity contribution < 1.29 is 19.4 Å². The normalized spacial score (nSPS) is 15.3. The third-order valence-electron chi connectivity index (χ3n) is 4.65. The van der Waals surface area contributed by atoms with Crippen molar-refractivity contribution in [3.05, 3.63) is 59.2 Å². The van der Waals surface area contributed by atoms with Crippen LogP contribution in [0.3, 0.4) is 0 Å². The van der Waals surface area contributed by atoms with Crippen molar-refractivity contribution in [1.29, 1.82) is 0 Å². The Morgan fingerprint density at radius 1 is 1.18 bits per heavy atom. The maximum absolute atomic E-state index is 12.2. The van der Waals surface area contributed by atoms with Gasteiger partial charge in [-0.05, 0) is 55.0 Å². The smallest absolute Gasteiger partial charge is 0.271 e. The van der Waals surface area contributed by atoms with Gasteiger partial charge in [0, 0.05) is 30.8 Å².